The molecule has 86 valence electrons. The summed E-state index contributed by atoms with van der Waals surface area (Å²) in [6.45, 7) is 1.83. The zero-order valence-corrected chi connectivity index (χ0v) is 9.51. The van der Waals surface area contributed by atoms with Crippen LogP contribution in [-0.4, -0.2) is 29.9 Å². The smallest absolute Gasteiger partial charge is 0.101 e. The molecule has 2 N–H and O–H groups in total. The molecule has 0 amide bonds. The number of aliphatic hydroxyl groups is 2. The van der Waals surface area contributed by atoms with Gasteiger partial charge in [-0.15, -0.1) is 0 Å². The Kier molecular flexibility index (Phi) is 4.29. The van der Waals surface area contributed by atoms with Gasteiger partial charge in [0.1, 0.15) is 6.07 Å². The summed E-state index contributed by atoms with van der Waals surface area (Å²) in [6, 6.07) is 7.27. The molecule has 0 bridgehead atoms. The molecule has 0 spiro atoms. The predicted molar refractivity (Wildman–Crippen MR) is 62.0 cm³/mol. The van der Waals surface area contributed by atoms with Gasteiger partial charge in [-0.2, -0.15) is 5.26 Å². The molecule has 1 rings (SSSR count). The molecule has 0 radical (unpaired) electrons. The van der Waals surface area contributed by atoms with Crippen LogP contribution < -0.4 is 4.90 Å². The van der Waals surface area contributed by atoms with Gasteiger partial charge in [0.05, 0.1) is 24.5 Å². The number of nitriles is 1. The lowest BCUT2D eigenvalue weighted by Gasteiger charge is -2.26. The van der Waals surface area contributed by atoms with Crippen molar-refractivity contribution in [2.75, 3.05) is 18.6 Å². The highest BCUT2D eigenvalue weighted by Gasteiger charge is 2.13. The van der Waals surface area contributed by atoms with Crippen molar-refractivity contribution in [1.29, 1.82) is 5.26 Å². The van der Waals surface area contributed by atoms with E-state index in [4.69, 9.17) is 15.5 Å². The van der Waals surface area contributed by atoms with E-state index in [-0.39, 0.29) is 19.3 Å². The largest absolute Gasteiger partial charge is 0.394 e. The second kappa shape index (κ2) is 5.50. The average Bonchev–Trinajstić information content (AvgIpc) is 2.35. The van der Waals surface area contributed by atoms with E-state index in [1.54, 1.807) is 18.2 Å². The van der Waals surface area contributed by atoms with Gasteiger partial charge in [-0.1, -0.05) is 6.07 Å². The maximum Gasteiger partial charge on any atom is 0.101 e. The highest BCUT2D eigenvalue weighted by atomic mass is 16.3. The van der Waals surface area contributed by atoms with E-state index < -0.39 is 0 Å². The average molecular weight is 220 g/mol. The van der Waals surface area contributed by atoms with Crippen LogP contribution in [0.3, 0.4) is 0 Å². The second-order valence-electron chi connectivity index (χ2n) is 3.76. The Labute approximate surface area is 95.4 Å². The molecule has 16 heavy (non-hydrogen) atoms. The molecule has 1 aromatic carbocycles. The summed E-state index contributed by atoms with van der Waals surface area (Å²) >= 11 is 0. The number of likely N-dealkylation sites (N-methyl/N-ethyl adjacent to an activating group) is 1. The number of aliphatic hydroxyl groups excluding tert-OH is 2. The minimum Gasteiger partial charge on any atom is -0.394 e. The molecule has 4 heteroatoms. The van der Waals surface area contributed by atoms with Gasteiger partial charge in [0, 0.05) is 13.1 Å². The third-order valence-corrected chi connectivity index (χ3v) is 2.67. The minimum absolute atomic E-state index is 0.0309. The normalized spacial score (nSPS) is 11.9. The lowest BCUT2D eigenvalue weighted by atomic mass is 10.1. The molecule has 0 saturated carbocycles. The van der Waals surface area contributed by atoms with E-state index in [9.17, 15) is 0 Å². The fourth-order valence-corrected chi connectivity index (χ4v) is 1.44. The maximum atomic E-state index is 9.07. The lowest BCUT2D eigenvalue weighted by Crippen LogP contribution is -2.32. The van der Waals surface area contributed by atoms with E-state index in [0.717, 1.165) is 5.69 Å². The van der Waals surface area contributed by atoms with Crippen molar-refractivity contribution in [3.63, 3.8) is 0 Å². The van der Waals surface area contributed by atoms with Crippen LogP contribution in [0, 0.1) is 11.3 Å². The van der Waals surface area contributed by atoms with Crippen LogP contribution >= 0.6 is 0 Å². The number of anilines is 1. The van der Waals surface area contributed by atoms with Gasteiger partial charge in [0.2, 0.25) is 0 Å². The molecular formula is C12H16N2O2. The highest BCUT2D eigenvalue weighted by Crippen LogP contribution is 2.22. The Bertz CT molecular complexity index is 398. The minimum atomic E-state index is -0.0752. The van der Waals surface area contributed by atoms with E-state index in [1.165, 1.54) is 0 Å². The van der Waals surface area contributed by atoms with Crippen molar-refractivity contribution in [2.45, 2.75) is 19.6 Å². The number of benzene rings is 1. The first-order valence-electron chi connectivity index (χ1n) is 5.11. The van der Waals surface area contributed by atoms with E-state index >= 15 is 0 Å². The van der Waals surface area contributed by atoms with Crippen molar-refractivity contribution in [2.24, 2.45) is 0 Å². The molecule has 1 atom stereocenters. The van der Waals surface area contributed by atoms with Crippen LogP contribution in [0.2, 0.25) is 0 Å². The first-order valence-corrected chi connectivity index (χ1v) is 5.11. The summed E-state index contributed by atoms with van der Waals surface area (Å²) in [5.74, 6) is 0. The van der Waals surface area contributed by atoms with Crippen molar-refractivity contribution >= 4 is 5.69 Å². The maximum absolute atomic E-state index is 9.07. The van der Waals surface area contributed by atoms with Crippen molar-refractivity contribution < 1.29 is 10.2 Å². The summed E-state index contributed by atoms with van der Waals surface area (Å²) in [5, 5.41) is 27.1. The number of rotatable bonds is 4. The quantitative estimate of drug-likeness (QED) is 0.790. The second-order valence-corrected chi connectivity index (χ2v) is 3.76. The van der Waals surface area contributed by atoms with E-state index in [1.807, 2.05) is 18.9 Å². The summed E-state index contributed by atoms with van der Waals surface area (Å²) < 4.78 is 0. The van der Waals surface area contributed by atoms with E-state index in [2.05, 4.69) is 6.07 Å². The molecule has 0 aliphatic heterocycles. The van der Waals surface area contributed by atoms with Crippen LogP contribution in [0.1, 0.15) is 18.1 Å². The molecule has 4 nitrogen and oxygen atoms in total. The third kappa shape index (κ3) is 2.51. The van der Waals surface area contributed by atoms with Crippen LogP contribution in [0.15, 0.2) is 18.2 Å². The molecule has 1 aromatic rings. The van der Waals surface area contributed by atoms with E-state index in [0.29, 0.717) is 11.1 Å². The number of hydrogen-bond donors (Lipinski definition) is 2. The van der Waals surface area contributed by atoms with Crippen molar-refractivity contribution in [3.8, 4) is 6.07 Å². The molecular weight excluding hydrogens is 204 g/mol. The van der Waals surface area contributed by atoms with Gasteiger partial charge < -0.3 is 15.1 Å². The molecule has 0 heterocycles. The van der Waals surface area contributed by atoms with Crippen molar-refractivity contribution in [1.82, 2.24) is 0 Å². The first kappa shape index (κ1) is 12.5. The Hall–Kier alpha value is -1.57. The van der Waals surface area contributed by atoms with Crippen LogP contribution in [0.5, 0.6) is 0 Å². The summed E-state index contributed by atoms with van der Waals surface area (Å²) in [5.41, 5.74) is 1.99. The molecule has 0 aromatic heterocycles. The first-order chi connectivity index (χ1) is 7.63. The van der Waals surface area contributed by atoms with Crippen LogP contribution in [-0.2, 0) is 6.61 Å². The predicted octanol–water partition coefficient (Wildman–Crippen LogP) is 0.868. The number of hydrogen-bond acceptors (Lipinski definition) is 4. The zero-order chi connectivity index (χ0) is 12.1. The third-order valence-electron chi connectivity index (χ3n) is 2.67. The van der Waals surface area contributed by atoms with Gasteiger partial charge in [0.25, 0.3) is 0 Å². The Balaban J connectivity index is 3.09. The van der Waals surface area contributed by atoms with Crippen LogP contribution in [0.4, 0.5) is 5.69 Å². The van der Waals surface area contributed by atoms with Crippen LogP contribution in [0.25, 0.3) is 0 Å². The standard InChI is InChI=1S/C12H16N2O2/c1-9(7-15)14(2)12-4-3-10(8-16)5-11(12)6-13/h3-5,9,15-16H,7-8H2,1-2H3. The lowest BCUT2D eigenvalue weighted by molar-refractivity contribution is 0.270. The summed E-state index contributed by atoms with van der Waals surface area (Å²) in [6.07, 6.45) is 0. The van der Waals surface area contributed by atoms with Gasteiger partial charge in [-0.3, -0.25) is 0 Å². The highest BCUT2D eigenvalue weighted by molar-refractivity contribution is 5.60. The Morgan fingerprint density at radius 3 is 2.62 bits per heavy atom. The summed E-state index contributed by atoms with van der Waals surface area (Å²) in [7, 11) is 1.83. The number of nitrogens with zero attached hydrogens (tertiary/aromatic N) is 2. The SMILES string of the molecule is CC(CO)N(C)c1ccc(CO)cc1C#N. The molecule has 0 saturated heterocycles. The van der Waals surface area contributed by atoms with Gasteiger partial charge >= 0.3 is 0 Å². The Morgan fingerprint density at radius 2 is 2.12 bits per heavy atom. The fraction of sp³-hybridized carbons (Fsp3) is 0.417. The van der Waals surface area contributed by atoms with Gasteiger partial charge in [0.15, 0.2) is 0 Å². The van der Waals surface area contributed by atoms with Gasteiger partial charge in [-0.05, 0) is 24.6 Å². The molecule has 0 fully saturated rings. The molecule has 1 unspecified atom stereocenters. The Morgan fingerprint density at radius 1 is 1.44 bits per heavy atom. The monoisotopic (exact) mass is 220 g/mol. The topological polar surface area (TPSA) is 67.5 Å². The zero-order valence-electron chi connectivity index (χ0n) is 9.51. The van der Waals surface area contributed by atoms with Gasteiger partial charge in [-0.25, -0.2) is 0 Å². The van der Waals surface area contributed by atoms with Crippen molar-refractivity contribution in [3.05, 3.63) is 29.3 Å². The fourth-order valence-electron chi connectivity index (χ4n) is 1.44. The molecule has 0 aliphatic carbocycles. The molecule has 0 aliphatic rings. The summed E-state index contributed by atoms with van der Waals surface area (Å²) in [4.78, 5) is 1.85.